The van der Waals surface area contributed by atoms with E-state index >= 15 is 0 Å². The summed E-state index contributed by atoms with van der Waals surface area (Å²) in [7, 11) is 0. The van der Waals surface area contributed by atoms with Crippen LogP contribution in [0.2, 0.25) is 0 Å². The molecule has 0 aliphatic carbocycles. The van der Waals surface area contributed by atoms with Gasteiger partial charge in [0, 0.05) is 66.8 Å². The second-order valence-corrected chi connectivity index (χ2v) is 36.4. The summed E-state index contributed by atoms with van der Waals surface area (Å²) in [5.41, 5.74) is 13.9. The number of aromatic hydroxyl groups is 9. The zero-order valence-electron chi connectivity index (χ0n) is 87.0. The molecule has 0 fully saturated rings. The van der Waals surface area contributed by atoms with Crippen molar-refractivity contribution in [3.63, 3.8) is 0 Å². The number of rotatable bonds is 13. The maximum absolute atomic E-state index is 13.1. The Bertz CT molecular complexity index is 6270. The molecule has 4 aliphatic heterocycles. The number of carbonyl (C=O) groups is 4. The van der Waals surface area contributed by atoms with Crippen LogP contribution in [0.5, 0.6) is 51.7 Å². The van der Waals surface area contributed by atoms with E-state index in [2.05, 4.69) is 90.4 Å². The van der Waals surface area contributed by atoms with Crippen LogP contribution >= 0.6 is 11.3 Å². The van der Waals surface area contributed by atoms with Gasteiger partial charge in [-0.3, -0.25) is 0 Å². The predicted octanol–water partition coefficient (Wildman–Crippen LogP) is 31.6. The molecular formula is C126H138O18S. The lowest BCUT2D eigenvalue weighted by Gasteiger charge is -2.34. The number of benzene rings is 14. The number of ether oxygens (including phenoxy) is 4. The molecule has 0 radical (unpaired) electrons. The van der Waals surface area contributed by atoms with Crippen molar-refractivity contribution in [3.05, 3.63) is 467 Å². The zero-order chi connectivity index (χ0) is 106. The molecule has 4 aliphatic rings. The molecule has 756 valence electrons. The van der Waals surface area contributed by atoms with Gasteiger partial charge in [-0.1, -0.05) is 315 Å². The van der Waals surface area contributed by atoms with E-state index in [1.807, 2.05) is 176 Å². The fraction of sp³-hybridized carbons (Fsp3) is 0.254. The smallest absolute Gasteiger partial charge is 0.340 e. The minimum atomic E-state index is -1.17. The second-order valence-electron chi connectivity index (χ2n) is 35.6. The van der Waals surface area contributed by atoms with Crippen LogP contribution in [0, 0.1) is 13.8 Å². The number of phenols is 9. The standard InChI is InChI=1S/C28H30O4.3C20H14O4.C13H14O.C7H10O.C7H10S.C3H8.4C2H6/c1-15(2)20-13-23(17(5)11-25(20)29)28(22-10-8-7-9-19(22)27(31)32-28)24-14-21(16(3)4)26(30)12-18(24)6;3*21-15-9-5-13(6-10-15)20(14-7-11-16(22)12-8-14)18-4-2-1-3-17(18)19(23)24-20;1-9(2)10-3-4-12-8-13(14)6-5-11(12)7-10;2*1-6(2)7-3-4-8-5-7;1-3-2;4*1-2/h7-16,29-30H,1-6H3;3*1-12,21-22H;3-9,14H,1-2H3;2*3-6H,1-2H3;3H2,1-2H3;4*1-2H3. The van der Waals surface area contributed by atoms with E-state index in [1.165, 1.54) is 28.5 Å². The van der Waals surface area contributed by atoms with Crippen molar-refractivity contribution in [1.82, 2.24) is 0 Å². The number of cyclic esters (lactones) is 4. The van der Waals surface area contributed by atoms with Crippen molar-refractivity contribution >= 4 is 46.0 Å². The first-order valence-electron chi connectivity index (χ1n) is 49.6. The number of hydrogen-bond acceptors (Lipinski definition) is 19. The van der Waals surface area contributed by atoms with E-state index in [1.54, 1.807) is 236 Å². The molecule has 0 spiro atoms. The molecule has 16 aromatic rings. The van der Waals surface area contributed by atoms with Gasteiger partial charge < -0.3 is 69.3 Å². The summed E-state index contributed by atoms with van der Waals surface area (Å²) < 4.78 is 28.8. The van der Waals surface area contributed by atoms with Crippen LogP contribution < -0.4 is 0 Å². The Balaban J connectivity index is 0.000000192. The van der Waals surface area contributed by atoms with Gasteiger partial charge >= 0.3 is 23.9 Å². The summed E-state index contributed by atoms with van der Waals surface area (Å²) in [4.78, 5) is 50.4. The molecule has 14 aromatic carbocycles. The summed E-state index contributed by atoms with van der Waals surface area (Å²) in [5.74, 6) is 2.06. The average Bonchev–Trinajstić information content (AvgIpc) is 2.12. The molecule has 0 saturated heterocycles. The molecule has 0 bridgehead atoms. The Hall–Kier alpha value is -15.6. The zero-order valence-corrected chi connectivity index (χ0v) is 87.8. The highest BCUT2D eigenvalue weighted by Gasteiger charge is 2.53. The molecule has 9 N–H and O–H groups in total. The minimum absolute atomic E-state index is 0.0888. The Morgan fingerprint density at radius 3 is 0.779 bits per heavy atom. The first-order valence-corrected chi connectivity index (χ1v) is 50.6. The van der Waals surface area contributed by atoms with Gasteiger partial charge in [0.15, 0.2) is 22.4 Å². The van der Waals surface area contributed by atoms with Gasteiger partial charge in [-0.2, -0.15) is 11.3 Å². The summed E-state index contributed by atoms with van der Waals surface area (Å²) in [6.07, 6.45) is 4.74. The van der Waals surface area contributed by atoms with Crippen molar-refractivity contribution in [2.45, 2.75) is 211 Å². The molecule has 145 heavy (non-hydrogen) atoms. The highest BCUT2D eigenvalue weighted by Crippen LogP contribution is 2.55. The Labute approximate surface area is 858 Å². The number of carbonyl (C=O) groups excluding carboxylic acids is 4. The molecule has 0 unspecified atom stereocenters. The number of furan rings is 1. The largest absolute Gasteiger partial charge is 0.508 e. The highest BCUT2D eigenvalue weighted by molar-refractivity contribution is 7.08. The third-order valence-corrected chi connectivity index (χ3v) is 25.1. The van der Waals surface area contributed by atoms with E-state index in [0.29, 0.717) is 45.8 Å². The number of esters is 4. The predicted molar refractivity (Wildman–Crippen MR) is 582 cm³/mol. The van der Waals surface area contributed by atoms with E-state index in [-0.39, 0.29) is 63.8 Å². The fourth-order valence-corrected chi connectivity index (χ4v) is 18.1. The normalized spacial score (nSPS) is 13.2. The minimum Gasteiger partial charge on any atom is -0.508 e. The van der Waals surface area contributed by atoms with Gasteiger partial charge in [0.25, 0.3) is 0 Å². The molecule has 2 aromatic heterocycles. The maximum atomic E-state index is 13.1. The van der Waals surface area contributed by atoms with E-state index in [4.69, 9.17) is 23.4 Å². The summed E-state index contributed by atoms with van der Waals surface area (Å²) in [6.45, 7) is 45.3. The Morgan fingerprint density at radius 1 is 0.269 bits per heavy atom. The van der Waals surface area contributed by atoms with Crippen LogP contribution in [0.15, 0.2) is 343 Å². The van der Waals surface area contributed by atoms with Gasteiger partial charge in [0.1, 0.15) is 51.7 Å². The number of aryl methyl sites for hydroxylation is 2. The first-order chi connectivity index (χ1) is 69.6. The number of hydrogen-bond donors (Lipinski definition) is 9. The van der Waals surface area contributed by atoms with Crippen LogP contribution in [0.25, 0.3) is 10.8 Å². The van der Waals surface area contributed by atoms with E-state index < -0.39 is 40.3 Å². The lowest BCUT2D eigenvalue weighted by molar-refractivity contribution is 0.0239. The highest BCUT2D eigenvalue weighted by atomic mass is 32.1. The SMILES string of the molecule is CC.CC.CC.CC.CC(C)c1ccc2cc(O)ccc2c1.CC(C)c1ccoc1.CC(C)c1ccsc1.CCC.Cc1cc(O)c(C(C)C)cc1C1(c2cc(C(C)C)c(O)cc2C)OC(=O)c2ccccc21.O=C1OC(c2ccc(O)cc2)(c2ccc(O)cc2)c2ccccc21.O=C1OC(c2ccc(O)cc2)(c2ccc(O)cc2)c2ccccc21.O=C1OC(c2ccc(O)cc2)(c2ccc(O)cc2)c2ccccc21. The van der Waals surface area contributed by atoms with Crippen molar-refractivity contribution in [1.29, 1.82) is 0 Å². The number of thiophene rings is 1. The molecule has 20 rings (SSSR count). The van der Waals surface area contributed by atoms with Crippen LogP contribution in [0.3, 0.4) is 0 Å². The van der Waals surface area contributed by atoms with Crippen molar-refractivity contribution in [2.24, 2.45) is 0 Å². The van der Waals surface area contributed by atoms with Crippen molar-refractivity contribution in [2.75, 3.05) is 0 Å². The van der Waals surface area contributed by atoms with Crippen LogP contribution in [-0.4, -0.2) is 69.8 Å². The molecule has 0 amide bonds. The fourth-order valence-electron chi connectivity index (χ4n) is 17.3. The quantitative estimate of drug-likeness (QED) is 0.0383. The van der Waals surface area contributed by atoms with Crippen LogP contribution in [0.4, 0.5) is 0 Å². The average molecular weight is 1970 g/mol. The van der Waals surface area contributed by atoms with Crippen LogP contribution in [0.1, 0.15) is 322 Å². The third-order valence-electron chi connectivity index (χ3n) is 24.4. The van der Waals surface area contributed by atoms with Crippen LogP contribution in [-0.2, 0) is 41.4 Å². The summed E-state index contributed by atoms with van der Waals surface area (Å²) in [6, 6.07) is 92.2. The molecule has 6 heterocycles. The molecule has 19 heteroatoms. The van der Waals surface area contributed by atoms with Crippen molar-refractivity contribution in [3.8, 4) is 51.7 Å². The molecule has 0 saturated carbocycles. The van der Waals surface area contributed by atoms with Gasteiger partial charge in [-0.15, -0.1) is 0 Å². The van der Waals surface area contributed by atoms with Gasteiger partial charge in [0.2, 0.25) is 0 Å². The third kappa shape index (κ3) is 25.4. The summed E-state index contributed by atoms with van der Waals surface area (Å²) in [5, 5.41) is 94.7. The lowest BCUT2D eigenvalue weighted by Crippen LogP contribution is -2.32. The van der Waals surface area contributed by atoms with E-state index in [0.717, 1.165) is 94.4 Å². The van der Waals surface area contributed by atoms with Gasteiger partial charge in [-0.25, -0.2) is 19.2 Å². The maximum Gasteiger partial charge on any atom is 0.340 e. The summed E-state index contributed by atoms with van der Waals surface area (Å²) >= 11 is 1.77. The van der Waals surface area contributed by atoms with E-state index in [9.17, 15) is 65.1 Å². The number of phenolic OH excluding ortho intramolecular Hbond substituents is 9. The second kappa shape index (κ2) is 51.9. The van der Waals surface area contributed by atoms with Gasteiger partial charge in [-0.05, 0) is 250 Å². The Kier molecular flexibility index (Phi) is 40.4. The topological polar surface area (TPSA) is 300 Å². The van der Waals surface area contributed by atoms with Crippen molar-refractivity contribution < 1.29 is 88.5 Å². The lowest BCUT2D eigenvalue weighted by atomic mass is 9.74. The molecule has 18 nitrogen and oxygen atoms in total. The monoisotopic (exact) mass is 1970 g/mol. The molecular weight excluding hydrogens is 1830 g/mol. The molecule has 0 atom stereocenters. The Morgan fingerprint density at radius 2 is 0.531 bits per heavy atom. The first kappa shape index (κ1) is 113. The van der Waals surface area contributed by atoms with Gasteiger partial charge in [0.05, 0.1) is 34.8 Å². The number of fused-ring (bicyclic) bond motifs is 5.